The van der Waals surface area contributed by atoms with Crippen LogP contribution in [0.4, 0.5) is 17.6 Å². The monoisotopic (exact) mass is 297 g/mol. The zero-order valence-electron chi connectivity index (χ0n) is 11.0. The molecule has 0 amide bonds. The van der Waals surface area contributed by atoms with Crippen molar-refractivity contribution in [3.05, 3.63) is 65.5 Å². The van der Waals surface area contributed by atoms with Crippen molar-refractivity contribution >= 4 is 5.71 Å². The average Bonchev–Trinajstić information content (AvgIpc) is 2.45. The van der Waals surface area contributed by atoms with E-state index in [1.165, 1.54) is 43.5 Å². The van der Waals surface area contributed by atoms with E-state index in [9.17, 15) is 17.6 Å². The fourth-order valence-electron chi connectivity index (χ4n) is 1.78. The lowest BCUT2D eigenvalue weighted by molar-refractivity contribution is -0.119. The van der Waals surface area contributed by atoms with Crippen LogP contribution in [0.3, 0.4) is 0 Å². The maximum atomic E-state index is 12.9. The lowest BCUT2D eigenvalue weighted by Gasteiger charge is -2.10. The molecule has 2 aromatic rings. The Balaban J connectivity index is 2.50. The van der Waals surface area contributed by atoms with Gasteiger partial charge in [0, 0.05) is 11.1 Å². The van der Waals surface area contributed by atoms with Crippen molar-refractivity contribution < 1.29 is 22.3 Å². The molecule has 0 unspecified atom stereocenters. The van der Waals surface area contributed by atoms with Gasteiger partial charge in [-0.25, -0.2) is 4.39 Å². The number of benzene rings is 2. The molecular formula is C15H11F4NO. The predicted octanol–water partition coefficient (Wildman–Crippen LogP) is 4.19. The number of halogens is 4. The molecule has 21 heavy (non-hydrogen) atoms. The maximum absolute atomic E-state index is 12.9. The number of aliphatic imine (C=N–C) groups is 1. The first kappa shape index (κ1) is 15.0. The molecule has 0 aliphatic heterocycles. The van der Waals surface area contributed by atoms with Gasteiger partial charge in [0.1, 0.15) is 11.6 Å². The summed E-state index contributed by atoms with van der Waals surface area (Å²) in [5, 5.41) is 0. The fourth-order valence-corrected chi connectivity index (χ4v) is 1.78. The second-order valence-electron chi connectivity index (χ2n) is 4.16. The van der Waals surface area contributed by atoms with Gasteiger partial charge in [0.05, 0.1) is 12.8 Å². The second kappa shape index (κ2) is 5.95. The molecule has 2 aromatic carbocycles. The molecular weight excluding hydrogens is 286 g/mol. The molecule has 6 heteroatoms. The van der Waals surface area contributed by atoms with Gasteiger partial charge >= 0.3 is 6.30 Å². The molecule has 2 rings (SSSR count). The minimum absolute atomic E-state index is 0.180. The molecule has 0 aromatic heterocycles. The fraction of sp³-hybridized carbons (Fsp3) is 0.133. The van der Waals surface area contributed by atoms with Gasteiger partial charge in [-0.15, -0.1) is 13.2 Å². The van der Waals surface area contributed by atoms with Crippen LogP contribution in [0.15, 0.2) is 53.5 Å². The highest BCUT2D eigenvalue weighted by Gasteiger charge is 2.28. The van der Waals surface area contributed by atoms with Crippen molar-refractivity contribution in [3.8, 4) is 5.75 Å². The minimum Gasteiger partial charge on any atom is -0.497 e. The van der Waals surface area contributed by atoms with E-state index in [1.54, 1.807) is 0 Å². The van der Waals surface area contributed by atoms with Crippen LogP contribution in [0.2, 0.25) is 0 Å². The molecule has 2 nitrogen and oxygen atoms in total. The molecule has 0 aliphatic carbocycles. The Labute approximate surface area is 118 Å². The molecule has 0 atom stereocenters. The zero-order chi connectivity index (χ0) is 15.5. The van der Waals surface area contributed by atoms with Crippen molar-refractivity contribution in [1.29, 1.82) is 0 Å². The van der Waals surface area contributed by atoms with Crippen LogP contribution < -0.4 is 4.74 Å². The van der Waals surface area contributed by atoms with Crippen molar-refractivity contribution in [2.75, 3.05) is 7.11 Å². The van der Waals surface area contributed by atoms with Gasteiger partial charge in [-0.1, -0.05) is 0 Å². The summed E-state index contributed by atoms with van der Waals surface area (Å²) in [6, 6.07) is 10.7. The van der Waals surface area contributed by atoms with Crippen LogP contribution in [-0.4, -0.2) is 19.1 Å². The van der Waals surface area contributed by atoms with Crippen LogP contribution in [0, 0.1) is 5.82 Å². The van der Waals surface area contributed by atoms with E-state index in [1.807, 2.05) is 0 Å². The van der Waals surface area contributed by atoms with E-state index < -0.39 is 12.1 Å². The maximum Gasteiger partial charge on any atom is 0.503 e. The quantitative estimate of drug-likeness (QED) is 0.473. The van der Waals surface area contributed by atoms with Crippen LogP contribution in [-0.2, 0) is 0 Å². The van der Waals surface area contributed by atoms with Crippen molar-refractivity contribution in [3.63, 3.8) is 0 Å². The number of ether oxygens (including phenoxy) is 1. The Kier molecular flexibility index (Phi) is 4.26. The summed E-state index contributed by atoms with van der Waals surface area (Å²) >= 11 is 0. The van der Waals surface area contributed by atoms with E-state index in [2.05, 4.69) is 4.99 Å². The van der Waals surface area contributed by atoms with Crippen molar-refractivity contribution in [1.82, 2.24) is 0 Å². The standard InChI is InChI=1S/C15H11F4NO/c1-21-13-8-4-11(5-9-13)14(20-15(17,18)19)10-2-6-12(16)7-3-10/h2-9H,1H3/b20-14+. The Morgan fingerprint density at radius 1 is 0.905 bits per heavy atom. The molecule has 0 aliphatic rings. The summed E-state index contributed by atoms with van der Waals surface area (Å²) in [7, 11) is 1.46. The Bertz CT molecular complexity index is 630. The lowest BCUT2D eigenvalue weighted by Crippen LogP contribution is -2.12. The largest absolute Gasteiger partial charge is 0.503 e. The molecule has 0 heterocycles. The first-order valence-corrected chi connectivity index (χ1v) is 5.96. The number of methoxy groups -OCH3 is 1. The smallest absolute Gasteiger partial charge is 0.497 e. The normalized spacial score (nSPS) is 12.3. The summed E-state index contributed by atoms with van der Waals surface area (Å²) in [5.41, 5.74) is 0.170. The lowest BCUT2D eigenvalue weighted by atomic mass is 10.0. The Morgan fingerprint density at radius 2 is 1.38 bits per heavy atom. The SMILES string of the molecule is COc1ccc(/C(=N/C(F)(F)F)c2ccc(F)cc2)cc1. The third-order valence-electron chi connectivity index (χ3n) is 2.72. The number of hydrogen-bond acceptors (Lipinski definition) is 2. The van der Waals surface area contributed by atoms with Crippen LogP contribution in [0.25, 0.3) is 0 Å². The van der Waals surface area contributed by atoms with Gasteiger partial charge in [0.2, 0.25) is 0 Å². The number of rotatable bonds is 3. The Hall–Kier alpha value is -2.37. The third-order valence-corrected chi connectivity index (χ3v) is 2.72. The first-order valence-electron chi connectivity index (χ1n) is 5.96. The van der Waals surface area contributed by atoms with E-state index in [4.69, 9.17) is 4.74 Å². The molecule has 0 spiro atoms. The minimum atomic E-state index is -4.72. The number of alkyl halides is 3. The zero-order valence-corrected chi connectivity index (χ0v) is 11.0. The highest BCUT2D eigenvalue weighted by atomic mass is 19.4. The summed E-state index contributed by atoms with van der Waals surface area (Å²) in [6.45, 7) is 0. The van der Waals surface area contributed by atoms with Crippen molar-refractivity contribution in [2.45, 2.75) is 6.30 Å². The average molecular weight is 297 g/mol. The molecule has 0 saturated carbocycles. The predicted molar refractivity (Wildman–Crippen MR) is 71.1 cm³/mol. The summed E-state index contributed by atoms with van der Waals surface area (Å²) in [4.78, 5) is 2.79. The van der Waals surface area contributed by atoms with Crippen LogP contribution >= 0.6 is 0 Å². The van der Waals surface area contributed by atoms with E-state index in [0.29, 0.717) is 5.75 Å². The van der Waals surface area contributed by atoms with Gasteiger partial charge in [0.15, 0.2) is 0 Å². The van der Waals surface area contributed by atoms with Gasteiger partial charge in [-0.05, 0) is 48.5 Å². The molecule has 0 bridgehead atoms. The highest BCUT2D eigenvalue weighted by Crippen LogP contribution is 2.22. The molecule has 0 radical (unpaired) electrons. The number of nitrogens with zero attached hydrogens (tertiary/aromatic N) is 1. The van der Waals surface area contributed by atoms with Gasteiger partial charge in [-0.3, -0.25) is 0 Å². The highest BCUT2D eigenvalue weighted by molar-refractivity contribution is 6.13. The molecule has 0 N–H and O–H groups in total. The number of hydrogen-bond donors (Lipinski definition) is 0. The van der Waals surface area contributed by atoms with Crippen LogP contribution in [0.1, 0.15) is 11.1 Å². The topological polar surface area (TPSA) is 21.6 Å². The van der Waals surface area contributed by atoms with E-state index >= 15 is 0 Å². The van der Waals surface area contributed by atoms with Gasteiger partial charge < -0.3 is 4.74 Å². The molecule has 0 saturated heterocycles. The summed E-state index contributed by atoms with van der Waals surface area (Å²) in [5.74, 6) is -0.0101. The summed E-state index contributed by atoms with van der Waals surface area (Å²) < 4.78 is 55.7. The summed E-state index contributed by atoms with van der Waals surface area (Å²) in [6.07, 6.45) is -4.72. The van der Waals surface area contributed by atoms with Gasteiger partial charge in [0.25, 0.3) is 0 Å². The second-order valence-corrected chi connectivity index (χ2v) is 4.16. The van der Waals surface area contributed by atoms with Gasteiger partial charge in [-0.2, -0.15) is 4.99 Å². The van der Waals surface area contributed by atoms with E-state index in [-0.39, 0.29) is 16.8 Å². The molecule has 110 valence electrons. The molecule has 0 fully saturated rings. The van der Waals surface area contributed by atoms with E-state index in [0.717, 1.165) is 12.1 Å². The Morgan fingerprint density at radius 3 is 1.81 bits per heavy atom. The third kappa shape index (κ3) is 4.05. The van der Waals surface area contributed by atoms with Crippen molar-refractivity contribution in [2.24, 2.45) is 4.99 Å². The van der Waals surface area contributed by atoms with Crippen LogP contribution in [0.5, 0.6) is 5.75 Å². The first-order chi connectivity index (χ1) is 9.89.